The monoisotopic (exact) mass is 336 g/mol. The highest BCUT2D eigenvalue weighted by atomic mass is 32.2. The van der Waals surface area contributed by atoms with Gasteiger partial charge >= 0.3 is 0 Å². The molecular weight excluding hydrogens is 312 g/mol. The van der Waals surface area contributed by atoms with E-state index in [9.17, 15) is 13.2 Å². The first-order chi connectivity index (χ1) is 11.0. The standard InChI is InChI=1S/C17H24N2O3S/c1-2-19(15-9-11-23(21,22)13-15)17(20)12-18-10-5-7-14-6-3-4-8-16(14)18/h3-4,6,8,15H,2,5,7,9-13H2,1H3. The van der Waals surface area contributed by atoms with Gasteiger partial charge in [0, 0.05) is 24.8 Å². The van der Waals surface area contributed by atoms with Crippen LogP contribution < -0.4 is 4.90 Å². The lowest BCUT2D eigenvalue weighted by Gasteiger charge is -2.34. The summed E-state index contributed by atoms with van der Waals surface area (Å²) >= 11 is 0. The summed E-state index contributed by atoms with van der Waals surface area (Å²) in [6.45, 7) is 3.70. The van der Waals surface area contributed by atoms with Gasteiger partial charge in [-0.1, -0.05) is 18.2 Å². The van der Waals surface area contributed by atoms with Gasteiger partial charge in [-0.25, -0.2) is 8.42 Å². The lowest BCUT2D eigenvalue weighted by Crippen LogP contribution is -2.47. The predicted octanol–water partition coefficient (Wildman–Crippen LogP) is 1.47. The van der Waals surface area contributed by atoms with Crippen molar-refractivity contribution in [1.29, 1.82) is 0 Å². The summed E-state index contributed by atoms with van der Waals surface area (Å²) in [7, 11) is -2.97. The number of amides is 1. The van der Waals surface area contributed by atoms with Gasteiger partial charge in [-0.2, -0.15) is 0 Å². The molecule has 1 fully saturated rings. The van der Waals surface area contributed by atoms with Crippen molar-refractivity contribution in [2.24, 2.45) is 0 Å². The van der Waals surface area contributed by atoms with E-state index in [4.69, 9.17) is 0 Å². The molecule has 1 aromatic carbocycles. The molecule has 0 bridgehead atoms. The Morgan fingerprint density at radius 2 is 2.13 bits per heavy atom. The van der Waals surface area contributed by atoms with Gasteiger partial charge in [0.2, 0.25) is 5.91 Å². The van der Waals surface area contributed by atoms with Crippen LogP contribution in [0.3, 0.4) is 0 Å². The number of hydrogen-bond donors (Lipinski definition) is 0. The third-order valence-corrected chi connectivity index (χ3v) is 6.59. The average molecular weight is 336 g/mol. The number of aryl methyl sites for hydroxylation is 1. The topological polar surface area (TPSA) is 57.7 Å². The van der Waals surface area contributed by atoms with Crippen LogP contribution in [0.1, 0.15) is 25.3 Å². The molecule has 0 radical (unpaired) electrons. The Kier molecular flexibility index (Phi) is 4.62. The number of anilines is 1. The molecule has 3 rings (SSSR count). The zero-order valence-corrected chi connectivity index (χ0v) is 14.4. The van der Waals surface area contributed by atoms with Gasteiger partial charge in [0.1, 0.15) is 0 Å². The van der Waals surface area contributed by atoms with Crippen molar-refractivity contribution in [3.05, 3.63) is 29.8 Å². The van der Waals surface area contributed by atoms with Crippen LogP contribution in [0, 0.1) is 0 Å². The molecular formula is C17H24N2O3S. The number of rotatable bonds is 4. The van der Waals surface area contributed by atoms with Gasteiger partial charge in [0.25, 0.3) is 0 Å². The van der Waals surface area contributed by atoms with Gasteiger partial charge in [-0.05, 0) is 37.8 Å². The zero-order valence-electron chi connectivity index (χ0n) is 13.6. The van der Waals surface area contributed by atoms with Crippen LogP contribution in [0.4, 0.5) is 5.69 Å². The molecule has 1 unspecified atom stereocenters. The maximum Gasteiger partial charge on any atom is 0.242 e. The van der Waals surface area contributed by atoms with E-state index in [1.54, 1.807) is 4.90 Å². The van der Waals surface area contributed by atoms with Gasteiger partial charge in [0.15, 0.2) is 9.84 Å². The van der Waals surface area contributed by atoms with Crippen LogP contribution in [0.2, 0.25) is 0 Å². The van der Waals surface area contributed by atoms with E-state index in [-0.39, 0.29) is 23.5 Å². The molecule has 1 aromatic rings. The second-order valence-electron chi connectivity index (χ2n) is 6.39. The van der Waals surface area contributed by atoms with Crippen LogP contribution in [0.15, 0.2) is 24.3 Å². The number of nitrogens with zero attached hydrogens (tertiary/aromatic N) is 2. The second kappa shape index (κ2) is 6.51. The van der Waals surface area contributed by atoms with E-state index in [1.165, 1.54) is 5.56 Å². The Bertz CT molecular complexity index is 687. The van der Waals surface area contributed by atoms with Crippen LogP contribution in [-0.2, 0) is 21.1 Å². The molecule has 2 aliphatic heterocycles. The first-order valence-corrected chi connectivity index (χ1v) is 10.1. The molecule has 0 aromatic heterocycles. The largest absolute Gasteiger partial charge is 0.362 e. The summed E-state index contributed by atoms with van der Waals surface area (Å²) in [5.41, 5.74) is 2.43. The van der Waals surface area contributed by atoms with Crippen molar-refractivity contribution in [2.45, 2.75) is 32.2 Å². The molecule has 0 N–H and O–H groups in total. The van der Waals surface area contributed by atoms with Gasteiger partial charge in [0.05, 0.1) is 18.1 Å². The van der Waals surface area contributed by atoms with Crippen molar-refractivity contribution in [1.82, 2.24) is 4.90 Å². The molecule has 0 spiro atoms. The lowest BCUT2D eigenvalue weighted by atomic mass is 10.0. The quantitative estimate of drug-likeness (QED) is 0.836. The number of para-hydroxylation sites is 1. The first-order valence-electron chi connectivity index (χ1n) is 8.33. The third kappa shape index (κ3) is 3.52. The van der Waals surface area contributed by atoms with Gasteiger partial charge in [-0.15, -0.1) is 0 Å². The summed E-state index contributed by atoms with van der Waals surface area (Å²) < 4.78 is 23.4. The van der Waals surface area contributed by atoms with Gasteiger partial charge in [-0.3, -0.25) is 4.79 Å². The number of benzene rings is 1. The summed E-state index contributed by atoms with van der Waals surface area (Å²) in [4.78, 5) is 16.6. The van der Waals surface area contributed by atoms with E-state index in [1.807, 2.05) is 19.1 Å². The van der Waals surface area contributed by atoms with Crippen molar-refractivity contribution in [3.8, 4) is 0 Å². The van der Waals surface area contributed by atoms with E-state index in [0.29, 0.717) is 19.5 Å². The van der Waals surface area contributed by atoms with E-state index in [2.05, 4.69) is 17.0 Å². The highest BCUT2D eigenvalue weighted by Gasteiger charge is 2.34. The molecule has 23 heavy (non-hydrogen) atoms. The minimum Gasteiger partial charge on any atom is -0.362 e. The Morgan fingerprint density at radius 3 is 2.83 bits per heavy atom. The molecule has 5 nitrogen and oxygen atoms in total. The highest BCUT2D eigenvalue weighted by molar-refractivity contribution is 7.91. The fourth-order valence-corrected chi connectivity index (χ4v) is 5.42. The fourth-order valence-electron chi connectivity index (χ4n) is 3.69. The van der Waals surface area contributed by atoms with Gasteiger partial charge < -0.3 is 9.80 Å². The Morgan fingerprint density at radius 1 is 1.35 bits per heavy atom. The molecule has 6 heteroatoms. The molecule has 2 heterocycles. The normalized spacial score (nSPS) is 22.7. The van der Waals surface area contributed by atoms with E-state index in [0.717, 1.165) is 25.1 Å². The first kappa shape index (κ1) is 16.3. The number of likely N-dealkylation sites (N-methyl/N-ethyl adjacent to an activating group) is 1. The predicted molar refractivity (Wildman–Crippen MR) is 91.4 cm³/mol. The molecule has 2 aliphatic rings. The Hall–Kier alpha value is -1.56. The lowest BCUT2D eigenvalue weighted by molar-refractivity contribution is -0.131. The second-order valence-corrected chi connectivity index (χ2v) is 8.62. The summed E-state index contributed by atoms with van der Waals surface area (Å²) in [6, 6.07) is 8.07. The maximum atomic E-state index is 12.7. The van der Waals surface area contributed by atoms with Crippen LogP contribution in [0.25, 0.3) is 0 Å². The van der Waals surface area contributed by atoms with Crippen molar-refractivity contribution in [2.75, 3.05) is 36.0 Å². The van der Waals surface area contributed by atoms with E-state index >= 15 is 0 Å². The maximum absolute atomic E-state index is 12.7. The molecule has 126 valence electrons. The smallest absolute Gasteiger partial charge is 0.242 e. The zero-order chi connectivity index (χ0) is 16.4. The van der Waals surface area contributed by atoms with Crippen LogP contribution in [-0.4, -0.2) is 56.4 Å². The summed E-state index contributed by atoms with van der Waals surface area (Å²) in [6.07, 6.45) is 2.67. The minimum atomic E-state index is -2.97. The number of sulfone groups is 1. The third-order valence-electron chi connectivity index (χ3n) is 4.84. The average Bonchev–Trinajstić information content (AvgIpc) is 2.88. The molecule has 0 aliphatic carbocycles. The number of fused-ring (bicyclic) bond motifs is 1. The number of hydrogen-bond acceptors (Lipinski definition) is 4. The van der Waals surface area contributed by atoms with Crippen molar-refractivity contribution < 1.29 is 13.2 Å². The molecule has 0 saturated carbocycles. The summed E-state index contributed by atoms with van der Waals surface area (Å²) in [5, 5.41) is 0. The molecule has 1 atom stereocenters. The van der Waals surface area contributed by atoms with Crippen molar-refractivity contribution >= 4 is 21.4 Å². The SMILES string of the molecule is CCN(C(=O)CN1CCCc2ccccc21)C1CCS(=O)(=O)C1. The van der Waals surface area contributed by atoms with Crippen LogP contribution in [0.5, 0.6) is 0 Å². The number of carbonyl (C=O) groups excluding carboxylic acids is 1. The Labute approximate surface area is 138 Å². The minimum absolute atomic E-state index is 0.0336. The van der Waals surface area contributed by atoms with Crippen LogP contribution >= 0.6 is 0 Å². The van der Waals surface area contributed by atoms with E-state index < -0.39 is 9.84 Å². The van der Waals surface area contributed by atoms with Crippen molar-refractivity contribution in [3.63, 3.8) is 0 Å². The highest BCUT2D eigenvalue weighted by Crippen LogP contribution is 2.27. The Balaban J connectivity index is 1.71. The summed E-state index contributed by atoms with van der Waals surface area (Å²) in [5.74, 6) is 0.350. The fraction of sp³-hybridized carbons (Fsp3) is 0.588. The number of carbonyl (C=O) groups is 1. The molecule has 1 saturated heterocycles. The molecule has 1 amide bonds.